The van der Waals surface area contributed by atoms with Crippen LogP contribution in [0.5, 0.6) is 23.0 Å². The van der Waals surface area contributed by atoms with Crippen molar-refractivity contribution in [1.82, 2.24) is 4.57 Å². The van der Waals surface area contributed by atoms with Gasteiger partial charge in [0.15, 0.2) is 27.8 Å². The average Bonchev–Trinajstić information content (AvgIpc) is 3.60. The zero-order chi connectivity index (χ0) is 29.2. The molecule has 214 valence electrons. The molecule has 0 aliphatic carbocycles. The van der Waals surface area contributed by atoms with Gasteiger partial charge in [-0.25, -0.2) is 9.79 Å². The van der Waals surface area contributed by atoms with Crippen LogP contribution >= 0.6 is 11.3 Å². The first-order valence-corrected chi connectivity index (χ1v) is 14.2. The first-order valence-electron chi connectivity index (χ1n) is 13.4. The van der Waals surface area contributed by atoms with Crippen molar-refractivity contribution >= 4 is 29.1 Å². The second-order valence-electron chi connectivity index (χ2n) is 9.58. The van der Waals surface area contributed by atoms with Gasteiger partial charge < -0.3 is 23.7 Å². The summed E-state index contributed by atoms with van der Waals surface area (Å²) in [4.78, 5) is 32.2. The minimum atomic E-state index is -0.711. The fraction of sp³-hybridized carbons (Fsp3) is 0.219. The van der Waals surface area contributed by atoms with E-state index in [0.717, 1.165) is 11.1 Å². The molecule has 4 aromatic rings. The van der Waals surface area contributed by atoms with E-state index >= 15 is 0 Å². The summed E-state index contributed by atoms with van der Waals surface area (Å²) in [6, 6.07) is 20.1. The summed E-state index contributed by atoms with van der Waals surface area (Å²) in [5.74, 6) is 1.83. The molecule has 1 atom stereocenters. The van der Waals surface area contributed by atoms with Crippen LogP contribution in [0.2, 0.25) is 0 Å². The maximum atomic E-state index is 13.6. The topological polar surface area (TPSA) is 97.6 Å². The summed E-state index contributed by atoms with van der Waals surface area (Å²) >= 11 is 1.25. The maximum Gasteiger partial charge on any atom is 0.338 e. The molecule has 3 heterocycles. The third kappa shape index (κ3) is 5.16. The molecule has 0 spiro atoms. The molecule has 6 rings (SSSR count). The van der Waals surface area contributed by atoms with Crippen LogP contribution in [0, 0.1) is 0 Å². The van der Waals surface area contributed by atoms with E-state index in [1.54, 1.807) is 33.1 Å². The molecule has 0 bridgehead atoms. The number of fused-ring (bicyclic) bond motifs is 2. The van der Waals surface area contributed by atoms with Crippen molar-refractivity contribution < 1.29 is 28.5 Å². The first kappa shape index (κ1) is 27.3. The summed E-state index contributed by atoms with van der Waals surface area (Å²) < 4.78 is 29.9. The highest BCUT2D eigenvalue weighted by Gasteiger charge is 2.32. The average molecular weight is 585 g/mol. The van der Waals surface area contributed by atoms with Gasteiger partial charge in [0.1, 0.15) is 12.6 Å². The number of ether oxygens (including phenoxy) is 5. The first-order chi connectivity index (χ1) is 20.5. The lowest BCUT2D eigenvalue weighted by Crippen LogP contribution is -2.35. The van der Waals surface area contributed by atoms with Gasteiger partial charge in [-0.1, -0.05) is 53.8 Å². The number of allylic oxidation sites excluding steroid dienone is 1. The van der Waals surface area contributed by atoms with Crippen molar-refractivity contribution in [2.24, 2.45) is 4.99 Å². The molecule has 10 heteroatoms. The fourth-order valence-electron chi connectivity index (χ4n) is 4.92. The van der Waals surface area contributed by atoms with Gasteiger partial charge in [0.05, 0.1) is 23.8 Å². The van der Waals surface area contributed by atoms with Gasteiger partial charge in [-0.15, -0.1) is 0 Å². The number of benzene rings is 3. The monoisotopic (exact) mass is 584 g/mol. The van der Waals surface area contributed by atoms with Crippen LogP contribution in [0.1, 0.15) is 36.6 Å². The number of carbonyl (C=O) groups is 1. The number of carbonyl (C=O) groups excluding carboxylic acids is 1. The number of hydrogen-bond acceptors (Lipinski definition) is 9. The van der Waals surface area contributed by atoms with Crippen LogP contribution in [0.3, 0.4) is 0 Å². The van der Waals surface area contributed by atoms with Crippen molar-refractivity contribution in [2.45, 2.75) is 26.5 Å². The molecule has 3 aromatic carbocycles. The van der Waals surface area contributed by atoms with Crippen molar-refractivity contribution in [3.8, 4) is 23.0 Å². The van der Waals surface area contributed by atoms with E-state index in [0.29, 0.717) is 55.8 Å². The predicted octanol–water partition coefficient (Wildman–Crippen LogP) is 4.22. The van der Waals surface area contributed by atoms with Crippen molar-refractivity contribution in [2.75, 3.05) is 20.5 Å². The van der Waals surface area contributed by atoms with Gasteiger partial charge in [-0.3, -0.25) is 9.36 Å². The second-order valence-corrected chi connectivity index (χ2v) is 10.6. The normalized spacial score (nSPS) is 15.7. The minimum Gasteiger partial charge on any atom is -0.493 e. The molecular formula is C32H28N2O7S. The third-order valence-electron chi connectivity index (χ3n) is 6.97. The lowest BCUT2D eigenvalue weighted by atomic mass is 9.96. The van der Waals surface area contributed by atoms with Crippen LogP contribution in [0.4, 0.5) is 0 Å². The number of hydrogen-bond donors (Lipinski definition) is 0. The highest BCUT2D eigenvalue weighted by atomic mass is 32.1. The standard InChI is InChI=1S/C32H28N2O7S/c1-4-38-31(36)28-19(2)34-30(35)27(15-21-10-12-24-26(14-21)41-18-40-24)42-32(34)33-29(28)22-11-13-23(25(16-22)37-3)39-17-20-8-6-5-7-9-20/h5-16,29H,4,17-18H2,1-3H3/b27-15-/t29-/m0/s1. The summed E-state index contributed by atoms with van der Waals surface area (Å²) in [5.41, 5.74) is 3.01. The number of methoxy groups -OCH3 is 1. The Morgan fingerprint density at radius 1 is 1.07 bits per heavy atom. The number of nitrogens with zero attached hydrogens (tertiary/aromatic N) is 2. The molecule has 0 N–H and O–H groups in total. The lowest BCUT2D eigenvalue weighted by molar-refractivity contribution is -0.138. The SMILES string of the molecule is CCOC(=O)C1=C(C)n2c(s/c(=C\c3ccc4c(c3)OCO4)c2=O)=N[C@H]1c1ccc(OCc2ccccc2)c(OC)c1. The van der Waals surface area contributed by atoms with E-state index in [2.05, 4.69) is 0 Å². The molecule has 0 saturated heterocycles. The van der Waals surface area contributed by atoms with Crippen LogP contribution in [0.25, 0.3) is 11.8 Å². The number of rotatable bonds is 8. The Hall–Kier alpha value is -4.83. The molecule has 2 aliphatic rings. The summed E-state index contributed by atoms with van der Waals surface area (Å²) in [6.45, 7) is 4.21. The zero-order valence-electron chi connectivity index (χ0n) is 23.3. The summed E-state index contributed by atoms with van der Waals surface area (Å²) in [5, 5.41) is 0. The smallest absolute Gasteiger partial charge is 0.338 e. The Labute approximate surface area is 245 Å². The van der Waals surface area contributed by atoms with E-state index in [1.807, 2.05) is 60.7 Å². The fourth-order valence-corrected chi connectivity index (χ4v) is 5.96. The second kappa shape index (κ2) is 11.6. The number of esters is 1. The molecule has 0 amide bonds. The van der Waals surface area contributed by atoms with Gasteiger partial charge in [-0.05, 0) is 60.9 Å². The highest BCUT2D eigenvalue weighted by Crippen LogP contribution is 2.37. The van der Waals surface area contributed by atoms with E-state index in [-0.39, 0.29) is 19.0 Å². The van der Waals surface area contributed by atoms with E-state index < -0.39 is 12.0 Å². The Balaban J connectivity index is 1.41. The minimum absolute atomic E-state index is 0.167. The summed E-state index contributed by atoms with van der Waals surface area (Å²) in [7, 11) is 1.56. The predicted molar refractivity (Wildman–Crippen MR) is 158 cm³/mol. The zero-order valence-corrected chi connectivity index (χ0v) is 24.1. The quantitative estimate of drug-likeness (QED) is 0.286. The number of aromatic nitrogens is 1. The molecule has 9 nitrogen and oxygen atoms in total. The Morgan fingerprint density at radius 2 is 1.88 bits per heavy atom. The Bertz CT molecular complexity index is 1870. The maximum absolute atomic E-state index is 13.6. The molecule has 2 aliphatic heterocycles. The van der Waals surface area contributed by atoms with Crippen LogP contribution in [-0.4, -0.2) is 31.0 Å². The largest absolute Gasteiger partial charge is 0.493 e. The molecule has 0 unspecified atom stereocenters. The van der Waals surface area contributed by atoms with Gasteiger partial charge >= 0.3 is 5.97 Å². The molecule has 1 aromatic heterocycles. The number of thiazole rings is 1. The summed E-state index contributed by atoms with van der Waals surface area (Å²) in [6.07, 6.45) is 1.78. The van der Waals surface area contributed by atoms with Gasteiger partial charge in [0.25, 0.3) is 5.56 Å². The Kier molecular flexibility index (Phi) is 7.54. The third-order valence-corrected chi connectivity index (χ3v) is 7.96. The van der Waals surface area contributed by atoms with Crippen molar-refractivity contribution in [3.05, 3.63) is 109 Å². The van der Waals surface area contributed by atoms with Gasteiger partial charge in [0.2, 0.25) is 6.79 Å². The van der Waals surface area contributed by atoms with Crippen LogP contribution < -0.4 is 33.8 Å². The van der Waals surface area contributed by atoms with E-state index in [9.17, 15) is 9.59 Å². The van der Waals surface area contributed by atoms with Crippen molar-refractivity contribution in [3.63, 3.8) is 0 Å². The van der Waals surface area contributed by atoms with Gasteiger partial charge in [-0.2, -0.15) is 0 Å². The lowest BCUT2D eigenvalue weighted by Gasteiger charge is -2.23. The molecule has 0 fully saturated rings. The van der Waals surface area contributed by atoms with Crippen LogP contribution in [0.15, 0.2) is 82.1 Å². The molecule has 0 saturated carbocycles. The van der Waals surface area contributed by atoms with E-state index in [4.69, 9.17) is 28.7 Å². The van der Waals surface area contributed by atoms with E-state index in [1.165, 1.54) is 15.9 Å². The molecular weight excluding hydrogens is 556 g/mol. The van der Waals surface area contributed by atoms with Crippen molar-refractivity contribution in [1.29, 1.82) is 0 Å². The van der Waals surface area contributed by atoms with Crippen LogP contribution in [-0.2, 0) is 16.1 Å². The molecule has 0 radical (unpaired) electrons. The highest BCUT2D eigenvalue weighted by molar-refractivity contribution is 7.07. The van der Waals surface area contributed by atoms with Gasteiger partial charge in [0, 0.05) is 5.70 Å². The Morgan fingerprint density at radius 3 is 2.67 bits per heavy atom. The molecule has 42 heavy (non-hydrogen) atoms.